The first-order valence-corrected chi connectivity index (χ1v) is 7.43. The minimum atomic E-state index is -0.111. The van der Waals surface area contributed by atoms with Crippen LogP contribution in [0.25, 0.3) is 0 Å². The van der Waals surface area contributed by atoms with E-state index < -0.39 is 0 Å². The van der Waals surface area contributed by atoms with Crippen LogP contribution in [0.3, 0.4) is 0 Å². The van der Waals surface area contributed by atoms with Crippen molar-refractivity contribution < 1.29 is 9.47 Å². The molecule has 1 aliphatic heterocycles. The van der Waals surface area contributed by atoms with Gasteiger partial charge >= 0.3 is 0 Å². The predicted octanol–water partition coefficient (Wildman–Crippen LogP) is 1.86. The van der Waals surface area contributed by atoms with Gasteiger partial charge < -0.3 is 14.8 Å². The zero-order valence-electron chi connectivity index (χ0n) is 11.1. The molecule has 1 aromatic heterocycles. The van der Waals surface area contributed by atoms with E-state index in [-0.39, 0.29) is 5.60 Å². The summed E-state index contributed by atoms with van der Waals surface area (Å²) in [6.45, 7) is 4.65. The lowest BCUT2D eigenvalue weighted by Crippen LogP contribution is -2.56. The van der Waals surface area contributed by atoms with Crippen LogP contribution in [0.5, 0.6) is 0 Å². The van der Waals surface area contributed by atoms with Crippen LogP contribution in [0.15, 0.2) is 11.6 Å². The third-order valence-corrected chi connectivity index (χ3v) is 4.50. The number of hydrogen-bond acceptors (Lipinski definition) is 5. The summed E-state index contributed by atoms with van der Waals surface area (Å²) in [5.74, 6) is 0. The Balaban J connectivity index is 2.10. The molecular weight excluding hydrogens is 248 g/mol. The molecule has 0 aliphatic carbocycles. The molecule has 5 heteroatoms. The highest BCUT2D eigenvalue weighted by Crippen LogP contribution is 2.30. The fourth-order valence-corrected chi connectivity index (χ4v) is 3.29. The maximum atomic E-state index is 5.88. The maximum absolute atomic E-state index is 5.88. The molecule has 1 unspecified atom stereocenters. The van der Waals surface area contributed by atoms with Crippen molar-refractivity contribution >= 4 is 11.3 Å². The third kappa shape index (κ3) is 3.09. The molecule has 18 heavy (non-hydrogen) atoms. The first kappa shape index (κ1) is 13.9. The molecule has 0 amide bonds. The summed E-state index contributed by atoms with van der Waals surface area (Å²) in [4.78, 5) is 4.39. The van der Waals surface area contributed by atoms with Gasteiger partial charge in [-0.1, -0.05) is 6.92 Å². The zero-order chi connectivity index (χ0) is 12.8. The van der Waals surface area contributed by atoms with E-state index in [0.29, 0.717) is 6.04 Å². The van der Waals surface area contributed by atoms with Crippen molar-refractivity contribution in [1.82, 2.24) is 10.3 Å². The summed E-state index contributed by atoms with van der Waals surface area (Å²) < 4.78 is 11.3. The van der Waals surface area contributed by atoms with E-state index in [1.54, 1.807) is 11.3 Å². The molecule has 1 atom stereocenters. The van der Waals surface area contributed by atoms with E-state index in [2.05, 4.69) is 17.2 Å². The number of aromatic nitrogens is 1. The van der Waals surface area contributed by atoms with Gasteiger partial charge in [0.05, 0.1) is 10.6 Å². The molecule has 102 valence electrons. The number of methoxy groups -OCH3 is 1. The Morgan fingerprint density at radius 2 is 2.33 bits per heavy atom. The number of rotatable bonds is 6. The highest BCUT2D eigenvalue weighted by Gasteiger charge is 2.40. The predicted molar refractivity (Wildman–Crippen MR) is 73.1 cm³/mol. The molecule has 0 radical (unpaired) electrons. The Labute approximate surface area is 113 Å². The molecular formula is C13H22N2O2S. The fourth-order valence-electron chi connectivity index (χ4n) is 2.63. The van der Waals surface area contributed by atoms with Gasteiger partial charge in [-0.3, -0.25) is 0 Å². The Bertz CT molecular complexity index is 337. The van der Waals surface area contributed by atoms with Crippen molar-refractivity contribution in [2.75, 3.05) is 26.9 Å². The zero-order valence-corrected chi connectivity index (χ0v) is 12.0. The fraction of sp³-hybridized carbons (Fsp3) is 0.769. The molecule has 0 aromatic carbocycles. The molecule has 4 nitrogen and oxygen atoms in total. The van der Waals surface area contributed by atoms with E-state index in [1.165, 1.54) is 5.01 Å². The molecule has 0 bridgehead atoms. The average Bonchev–Trinajstić information content (AvgIpc) is 2.92. The van der Waals surface area contributed by atoms with Gasteiger partial charge in [-0.05, 0) is 6.54 Å². The smallest absolute Gasteiger partial charge is 0.0941 e. The monoisotopic (exact) mass is 270 g/mol. The number of hydrogen-bond donors (Lipinski definition) is 1. The molecule has 0 saturated carbocycles. The Kier molecular flexibility index (Phi) is 5.12. The number of likely N-dealkylation sites (N-methyl/N-ethyl adjacent to an activating group) is 1. The van der Waals surface area contributed by atoms with Gasteiger partial charge in [0, 0.05) is 57.2 Å². The van der Waals surface area contributed by atoms with Crippen molar-refractivity contribution in [3.05, 3.63) is 16.6 Å². The van der Waals surface area contributed by atoms with Crippen LogP contribution in [0.2, 0.25) is 0 Å². The first-order chi connectivity index (χ1) is 8.80. The third-order valence-electron chi connectivity index (χ3n) is 3.69. The summed E-state index contributed by atoms with van der Waals surface area (Å²) in [6, 6.07) is 0.308. The lowest BCUT2D eigenvalue weighted by atomic mass is 9.84. The van der Waals surface area contributed by atoms with Crippen molar-refractivity contribution in [1.29, 1.82) is 0 Å². The van der Waals surface area contributed by atoms with E-state index in [9.17, 15) is 0 Å². The van der Waals surface area contributed by atoms with Crippen molar-refractivity contribution in [3.8, 4) is 0 Å². The van der Waals surface area contributed by atoms with Crippen LogP contribution < -0.4 is 5.32 Å². The van der Waals surface area contributed by atoms with E-state index in [0.717, 1.165) is 39.0 Å². The SMILES string of the molecule is CCNC(Cc1nccs1)C1(OC)CCOCC1. The number of thiazole rings is 1. The highest BCUT2D eigenvalue weighted by molar-refractivity contribution is 7.09. The lowest BCUT2D eigenvalue weighted by Gasteiger charge is -2.42. The average molecular weight is 270 g/mol. The molecule has 1 aliphatic rings. The van der Waals surface area contributed by atoms with Crippen molar-refractivity contribution in [2.24, 2.45) is 0 Å². The van der Waals surface area contributed by atoms with Crippen LogP contribution in [-0.4, -0.2) is 43.5 Å². The maximum Gasteiger partial charge on any atom is 0.0941 e. The van der Waals surface area contributed by atoms with Gasteiger partial charge in [-0.2, -0.15) is 0 Å². The molecule has 1 saturated heterocycles. The molecule has 1 fully saturated rings. The largest absolute Gasteiger partial charge is 0.381 e. The summed E-state index contributed by atoms with van der Waals surface area (Å²) in [5, 5.41) is 6.77. The second-order valence-electron chi connectivity index (χ2n) is 4.62. The molecule has 1 N–H and O–H groups in total. The van der Waals surface area contributed by atoms with Gasteiger partial charge in [0.15, 0.2) is 0 Å². The van der Waals surface area contributed by atoms with Gasteiger partial charge in [0.1, 0.15) is 0 Å². The van der Waals surface area contributed by atoms with Crippen LogP contribution in [0.1, 0.15) is 24.8 Å². The summed E-state index contributed by atoms with van der Waals surface area (Å²) in [6.07, 6.45) is 4.70. The van der Waals surface area contributed by atoms with Crippen LogP contribution in [0, 0.1) is 0 Å². The van der Waals surface area contributed by atoms with Gasteiger partial charge in [0.2, 0.25) is 0 Å². The van der Waals surface area contributed by atoms with E-state index in [4.69, 9.17) is 9.47 Å². The van der Waals surface area contributed by atoms with Crippen LogP contribution >= 0.6 is 11.3 Å². The van der Waals surface area contributed by atoms with Gasteiger partial charge in [0.25, 0.3) is 0 Å². The van der Waals surface area contributed by atoms with E-state index >= 15 is 0 Å². The topological polar surface area (TPSA) is 43.4 Å². The summed E-state index contributed by atoms with van der Waals surface area (Å²) in [7, 11) is 1.82. The standard InChI is InChI=1S/C13H22N2O2S/c1-3-14-11(10-12-15-6-9-18-12)13(16-2)4-7-17-8-5-13/h6,9,11,14H,3-5,7-8,10H2,1-2H3. The summed E-state index contributed by atoms with van der Waals surface area (Å²) >= 11 is 1.71. The Morgan fingerprint density at radius 3 is 2.89 bits per heavy atom. The molecule has 2 heterocycles. The Morgan fingerprint density at radius 1 is 1.56 bits per heavy atom. The quantitative estimate of drug-likeness (QED) is 0.857. The van der Waals surface area contributed by atoms with Crippen molar-refractivity contribution in [2.45, 2.75) is 37.8 Å². The van der Waals surface area contributed by atoms with Gasteiger partial charge in [-0.25, -0.2) is 4.98 Å². The molecule has 0 spiro atoms. The molecule has 1 aromatic rings. The minimum Gasteiger partial charge on any atom is -0.381 e. The van der Waals surface area contributed by atoms with Crippen LogP contribution in [0.4, 0.5) is 0 Å². The minimum absolute atomic E-state index is 0.111. The van der Waals surface area contributed by atoms with Crippen LogP contribution in [-0.2, 0) is 15.9 Å². The Hall–Kier alpha value is -0.490. The lowest BCUT2D eigenvalue weighted by molar-refractivity contribution is -0.110. The van der Waals surface area contributed by atoms with E-state index in [1.807, 2.05) is 18.7 Å². The number of nitrogens with zero attached hydrogens (tertiary/aromatic N) is 1. The summed E-state index contributed by atoms with van der Waals surface area (Å²) in [5.41, 5.74) is -0.111. The first-order valence-electron chi connectivity index (χ1n) is 6.55. The van der Waals surface area contributed by atoms with Crippen molar-refractivity contribution in [3.63, 3.8) is 0 Å². The molecule has 2 rings (SSSR count). The van der Waals surface area contributed by atoms with Gasteiger partial charge in [-0.15, -0.1) is 11.3 Å². The number of nitrogens with one attached hydrogen (secondary N) is 1. The number of ether oxygens (including phenoxy) is 2. The normalized spacial score (nSPS) is 20.8. The highest BCUT2D eigenvalue weighted by atomic mass is 32.1. The second kappa shape index (κ2) is 6.61. The second-order valence-corrected chi connectivity index (χ2v) is 5.60.